The first kappa shape index (κ1) is 24.1. The Morgan fingerprint density at radius 1 is 1.09 bits per heavy atom. The summed E-state index contributed by atoms with van der Waals surface area (Å²) in [7, 11) is 0. The molecule has 3 aromatic carbocycles. The predicted molar refractivity (Wildman–Crippen MR) is 138 cm³/mol. The standard InChI is InChI=1S/C27H27Cl2N3O2/c1-18-16-22(12-13-23(18)29)34-15-5-14-32-25-7-4-3-6-24(25)31-27(32)19(2)30-26(33)17-20-8-10-21(28)11-9-20/h3-4,6-13,16,19H,5,14-15,17H2,1-2H3,(H,30,33). The van der Waals surface area contributed by atoms with Crippen LogP contribution in [0.15, 0.2) is 66.7 Å². The van der Waals surface area contributed by atoms with E-state index < -0.39 is 0 Å². The van der Waals surface area contributed by atoms with Gasteiger partial charge in [-0.05, 0) is 73.9 Å². The van der Waals surface area contributed by atoms with Gasteiger partial charge in [0.15, 0.2) is 0 Å². The fraction of sp³-hybridized carbons (Fsp3) is 0.259. The molecule has 0 saturated heterocycles. The largest absolute Gasteiger partial charge is 0.494 e. The maximum atomic E-state index is 12.7. The molecule has 0 fully saturated rings. The van der Waals surface area contributed by atoms with Gasteiger partial charge in [-0.15, -0.1) is 0 Å². The highest BCUT2D eigenvalue weighted by Crippen LogP contribution is 2.23. The summed E-state index contributed by atoms with van der Waals surface area (Å²) in [6.07, 6.45) is 1.08. The first-order chi connectivity index (χ1) is 16.4. The third kappa shape index (κ3) is 5.91. The number of imidazole rings is 1. The maximum Gasteiger partial charge on any atom is 0.224 e. The van der Waals surface area contributed by atoms with Crippen LogP contribution in [0.3, 0.4) is 0 Å². The van der Waals surface area contributed by atoms with Crippen LogP contribution in [0.25, 0.3) is 11.0 Å². The molecule has 0 aliphatic carbocycles. The van der Waals surface area contributed by atoms with Gasteiger partial charge in [-0.1, -0.05) is 47.5 Å². The molecular formula is C27H27Cl2N3O2. The van der Waals surface area contributed by atoms with Gasteiger partial charge in [0.2, 0.25) is 5.91 Å². The summed E-state index contributed by atoms with van der Waals surface area (Å²) in [4.78, 5) is 17.5. The molecule has 0 aliphatic rings. The average Bonchev–Trinajstić information content (AvgIpc) is 3.19. The minimum absolute atomic E-state index is 0.0603. The van der Waals surface area contributed by atoms with Crippen LogP contribution in [-0.4, -0.2) is 22.1 Å². The number of aryl methyl sites for hydroxylation is 2. The second-order valence-corrected chi connectivity index (χ2v) is 9.16. The zero-order valence-corrected chi connectivity index (χ0v) is 20.7. The van der Waals surface area contributed by atoms with Crippen molar-refractivity contribution in [1.29, 1.82) is 0 Å². The number of carbonyl (C=O) groups is 1. The molecule has 7 heteroatoms. The number of hydrogen-bond acceptors (Lipinski definition) is 3. The number of hydrogen-bond donors (Lipinski definition) is 1. The van der Waals surface area contributed by atoms with Gasteiger partial charge in [-0.3, -0.25) is 4.79 Å². The molecule has 0 spiro atoms. The van der Waals surface area contributed by atoms with Gasteiger partial charge in [-0.25, -0.2) is 4.98 Å². The van der Waals surface area contributed by atoms with Crippen LogP contribution in [0.5, 0.6) is 5.75 Å². The van der Waals surface area contributed by atoms with Gasteiger partial charge in [0.25, 0.3) is 0 Å². The highest BCUT2D eigenvalue weighted by atomic mass is 35.5. The van der Waals surface area contributed by atoms with E-state index in [9.17, 15) is 4.79 Å². The van der Waals surface area contributed by atoms with Crippen LogP contribution in [0.4, 0.5) is 0 Å². The number of amides is 1. The highest BCUT2D eigenvalue weighted by molar-refractivity contribution is 6.31. The average molecular weight is 496 g/mol. The second-order valence-electron chi connectivity index (χ2n) is 8.32. The van der Waals surface area contributed by atoms with E-state index >= 15 is 0 Å². The normalized spacial score (nSPS) is 12.0. The third-order valence-electron chi connectivity index (χ3n) is 5.65. The number of carbonyl (C=O) groups excluding carboxylic acids is 1. The van der Waals surface area contributed by atoms with Crippen LogP contribution in [0, 0.1) is 6.92 Å². The van der Waals surface area contributed by atoms with Gasteiger partial charge >= 0.3 is 0 Å². The summed E-state index contributed by atoms with van der Waals surface area (Å²) < 4.78 is 8.09. The van der Waals surface area contributed by atoms with Crippen LogP contribution in [-0.2, 0) is 17.8 Å². The van der Waals surface area contributed by atoms with Crippen molar-refractivity contribution in [2.75, 3.05) is 6.61 Å². The van der Waals surface area contributed by atoms with Gasteiger partial charge < -0.3 is 14.6 Å². The van der Waals surface area contributed by atoms with Crippen molar-refractivity contribution in [3.8, 4) is 5.75 Å². The van der Waals surface area contributed by atoms with E-state index in [1.54, 1.807) is 12.1 Å². The third-order valence-corrected chi connectivity index (χ3v) is 6.33. The Morgan fingerprint density at radius 2 is 1.85 bits per heavy atom. The van der Waals surface area contributed by atoms with Crippen molar-refractivity contribution in [3.63, 3.8) is 0 Å². The lowest BCUT2D eigenvalue weighted by Crippen LogP contribution is -2.30. The molecule has 0 saturated carbocycles. The van der Waals surface area contributed by atoms with E-state index in [1.165, 1.54) is 0 Å². The summed E-state index contributed by atoms with van der Waals surface area (Å²) >= 11 is 12.0. The Hall–Kier alpha value is -3.02. The van der Waals surface area contributed by atoms with E-state index in [0.717, 1.165) is 51.7 Å². The minimum atomic E-state index is -0.243. The summed E-state index contributed by atoms with van der Waals surface area (Å²) in [5.74, 6) is 1.57. The Balaban J connectivity index is 1.43. The van der Waals surface area contributed by atoms with Gasteiger partial charge in [0.1, 0.15) is 11.6 Å². The molecule has 0 bridgehead atoms. The molecule has 1 heterocycles. The van der Waals surface area contributed by atoms with Crippen molar-refractivity contribution in [2.45, 2.75) is 39.3 Å². The summed E-state index contributed by atoms with van der Waals surface area (Å²) in [6.45, 7) is 5.20. The molecule has 1 unspecified atom stereocenters. The lowest BCUT2D eigenvalue weighted by Gasteiger charge is -2.17. The quantitative estimate of drug-likeness (QED) is 0.268. The molecule has 0 aliphatic heterocycles. The molecule has 176 valence electrons. The molecular weight excluding hydrogens is 469 g/mol. The van der Waals surface area contributed by atoms with Gasteiger partial charge in [0.05, 0.1) is 30.1 Å². The summed E-state index contributed by atoms with van der Waals surface area (Å²) in [5.41, 5.74) is 3.85. The SMILES string of the molecule is Cc1cc(OCCCn2c(C(C)NC(=O)Cc3ccc(Cl)cc3)nc3ccccc32)ccc1Cl. The molecule has 0 radical (unpaired) electrons. The molecule has 1 N–H and O–H groups in total. The Bertz CT molecular complexity index is 1290. The fourth-order valence-corrected chi connectivity index (χ4v) is 4.17. The summed E-state index contributed by atoms with van der Waals surface area (Å²) in [6, 6.07) is 20.8. The number of halogens is 2. The van der Waals surface area contributed by atoms with Crippen LogP contribution >= 0.6 is 23.2 Å². The minimum Gasteiger partial charge on any atom is -0.494 e. The number of rotatable bonds is 9. The first-order valence-electron chi connectivity index (χ1n) is 11.3. The number of para-hydroxylation sites is 2. The van der Waals surface area contributed by atoms with E-state index in [1.807, 2.05) is 62.4 Å². The van der Waals surface area contributed by atoms with Crippen molar-refractivity contribution in [1.82, 2.24) is 14.9 Å². The zero-order chi connectivity index (χ0) is 24.1. The number of nitrogens with zero attached hydrogens (tertiary/aromatic N) is 2. The monoisotopic (exact) mass is 495 g/mol. The molecule has 34 heavy (non-hydrogen) atoms. The van der Waals surface area contributed by atoms with Crippen molar-refractivity contribution < 1.29 is 9.53 Å². The number of aromatic nitrogens is 2. The van der Waals surface area contributed by atoms with Crippen molar-refractivity contribution in [3.05, 3.63) is 93.7 Å². The van der Waals surface area contributed by atoms with Crippen molar-refractivity contribution in [2.24, 2.45) is 0 Å². The molecule has 4 rings (SSSR count). The van der Waals surface area contributed by atoms with Crippen LogP contribution in [0.2, 0.25) is 10.0 Å². The zero-order valence-electron chi connectivity index (χ0n) is 19.2. The van der Waals surface area contributed by atoms with Crippen LogP contribution in [0.1, 0.15) is 36.3 Å². The Morgan fingerprint density at radius 3 is 2.62 bits per heavy atom. The van der Waals surface area contributed by atoms with E-state index in [4.69, 9.17) is 32.9 Å². The lowest BCUT2D eigenvalue weighted by atomic mass is 10.1. The number of benzene rings is 3. The van der Waals surface area contributed by atoms with Crippen molar-refractivity contribution >= 4 is 40.1 Å². The highest BCUT2D eigenvalue weighted by Gasteiger charge is 2.18. The Labute approximate surface area is 209 Å². The molecule has 1 atom stereocenters. The van der Waals surface area contributed by atoms with Gasteiger partial charge in [0, 0.05) is 16.6 Å². The topological polar surface area (TPSA) is 56.1 Å². The number of fused-ring (bicyclic) bond motifs is 1. The predicted octanol–water partition coefficient (Wildman–Crippen LogP) is 6.54. The maximum absolute atomic E-state index is 12.7. The second kappa shape index (κ2) is 10.9. The number of ether oxygens (including phenoxy) is 1. The first-order valence-corrected chi connectivity index (χ1v) is 12.0. The molecule has 1 amide bonds. The van der Waals surface area contributed by atoms with Crippen LogP contribution < -0.4 is 10.1 Å². The molecule has 1 aromatic heterocycles. The van der Waals surface area contributed by atoms with E-state index in [-0.39, 0.29) is 18.4 Å². The summed E-state index contributed by atoms with van der Waals surface area (Å²) in [5, 5.41) is 4.47. The Kier molecular flexibility index (Phi) is 7.76. The molecule has 4 aromatic rings. The fourth-order valence-electron chi connectivity index (χ4n) is 3.92. The molecule has 5 nitrogen and oxygen atoms in total. The van der Waals surface area contributed by atoms with Gasteiger partial charge in [-0.2, -0.15) is 0 Å². The smallest absolute Gasteiger partial charge is 0.224 e. The lowest BCUT2D eigenvalue weighted by molar-refractivity contribution is -0.121. The van der Waals surface area contributed by atoms with E-state index in [0.29, 0.717) is 11.6 Å². The van der Waals surface area contributed by atoms with E-state index in [2.05, 4.69) is 16.0 Å². The number of nitrogens with one attached hydrogen (secondary N) is 1.